The molecular formula is C25H25F4N3O2. The summed E-state index contributed by atoms with van der Waals surface area (Å²) >= 11 is 0. The summed E-state index contributed by atoms with van der Waals surface area (Å²) in [5.74, 6) is -1.43. The van der Waals surface area contributed by atoms with Crippen LogP contribution in [0.2, 0.25) is 0 Å². The van der Waals surface area contributed by atoms with Crippen LogP contribution in [-0.4, -0.2) is 47.9 Å². The van der Waals surface area contributed by atoms with Crippen molar-refractivity contribution in [3.05, 3.63) is 71.6 Å². The van der Waals surface area contributed by atoms with Crippen molar-refractivity contribution in [3.8, 4) is 0 Å². The van der Waals surface area contributed by atoms with E-state index in [1.54, 1.807) is 29.2 Å². The van der Waals surface area contributed by atoms with Gasteiger partial charge in [-0.25, -0.2) is 9.18 Å². The van der Waals surface area contributed by atoms with Crippen LogP contribution in [0.15, 0.2) is 60.4 Å². The van der Waals surface area contributed by atoms with Gasteiger partial charge in [-0.2, -0.15) is 13.2 Å². The van der Waals surface area contributed by atoms with E-state index in [9.17, 15) is 27.2 Å². The molecule has 9 heteroatoms. The van der Waals surface area contributed by atoms with E-state index in [-0.39, 0.29) is 11.4 Å². The van der Waals surface area contributed by atoms with Crippen LogP contribution < -0.4 is 5.32 Å². The fourth-order valence-corrected chi connectivity index (χ4v) is 4.55. The third kappa shape index (κ3) is 5.40. The zero-order chi connectivity index (χ0) is 24.3. The number of hydrogen-bond acceptors (Lipinski definition) is 2. The standard InChI is InChI=1S/C25H25F4N3O2/c26-21(16-18-4-2-1-3-5-18)22(33)31-13-10-24(11-14-31)12-15-32(17-24)23(34)30-20-8-6-19(7-9-20)25(27,28)29/h1-9,16H,10-15,17H2,(H,30,34)/b21-16-. The van der Waals surface area contributed by atoms with Gasteiger partial charge >= 0.3 is 12.2 Å². The number of piperidine rings is 1. The maximum Gasteiger partial charge on any atom is 0.416 e. The zero-order valence-corrected chi connectivity index (χ0v) is 18.4. The molecule has 0 unspecified atom stereocenters. The number of benzene rings is 2. The molecule has 4 rings (SSSR count). The first-order valence-electron chi connectivity index (χ1n) is 11.1. The Kier molecular flexibility index (Phi) is 6.63. The number of rotatable bonds is 3. The molecule has 1 spiro atoms. The molecule has 0 atom stereocenters. The van der Waals surface area contributed by atoms with Crippen LogP contribution in [0.4, 0.5) is 28.0 Å². The first-order valence-corrected chi connectivity index (χ1v) is 11.1. The van der Waals surface area contributed by atoms with Crippen LogP contribution in [0.5, 0.6) is 0 Å². The number of urea groups is 1. The number of carbonyl (C=O) groups is 2. The van der Waals surface area contributed by atoms with Crippen LogP contribution >= 0.6 is 0 Å². The first-order chi connectivity index (χ1) is 16.2. The van der Waals surface area contributed by atoms with Gasteiger partial charge in [-0.3, -0.25) is 4.79 Å². The van der Waals surface area contributed by atoms with E-state index in [1.807, 2.05) is 6.07 Å². The molecule has 3 amide bonds. The normalized spacial score (nSPS) is 18.3. The van der Waals surface area contributed by atoms with Crippen molar-refractivity contribution in [1.29, 1.82) is 0 Å². The number of nitrogens with zero attached hydrogens (tertiary/aromatic N) is 2. The van der Waals surface area contributed by atoms with E-state index in [0.29, 0.717) is 50.3 Å². The smallest absolute Gasteiger partial charge is 0.337 e. The van der Waals surface area contributed by atoms with Gasteiger partial charge in [0.1, 0.15) is 0 Å². The van der Waals surface area contributed by atoms with E-state index < -0.39 is 23.5 Å². The van der Waals surface area contributed by atoms with E-state index in [0.717, 1.165) is 18.6 Å². The van der Waals surface area contributed by atoms with E-state index >= 15 is 0 Å². The summed E-state index contributed by atoms with van der Waals surface area (Å²) in [4.78, 5) is 28.3. The summed E-state index contributed by atoms with van der Waals surface area (Å²) in [7, 11) is 0. The zero-order valence-electron chi connectivity index (χ0n) is 18.4. The fraction of sp³-hybridized carbons (Fsp3) is 0.360. The molecule has 2 aromatic rings. The largest absolute Gasteiger partial charge is 0.416 e. The number of hydrogen-bond donors (Lipinski definition) is 1. The Morgan fingerprint density at radius 2 is 1.47 bits per heavy atom. The number of halogens is 4. The molecule has 0 bridgehead atoms. The molecule has 0 aliphatic carbocycles. The van der Waals surface area contributed by atoms with Gasteiger partial charge in [0.25, 0.3) is 5.91 Å². The average Bonchev–Trinajstić information content (AvgIpc) is 3.23. The number of carbonyl (C=O) groups excluding carboxylic acids is 2. The van der Waals surface area contributed by atoms with Crippen LogP contribution in [0.25, 0.3) is 6.08 Å². The quantitative estimate of drug-likeness (QED) is 0.467. The van der Waals surface area contributed by atoms with Gasteiger partial charge in [0.2, 0.25) is 0 Å². The molecule has 2 aliphatic heterocycles. The van der Waals surface area contributed by atoms with E-state index in [1.165, 1.54) is 23.1 Å². The number of nitrogens with one attached hydrogen (secondary N) is 1. The Labute approximate surface area is 195 Å². The highest BCUT2D eigenvalue weighted by Gasteiger charge is 2.43. The van der Waals surface area contributed by atoms with Gasteiger partial charge in [0.15, 0.2) is 5.83 Å². The molecule has 2 aliphatic rings. The maximum absolute atomic E-state index is 14.4. The minimum Gasteiger partial charge on any atom is -0.337 e. The lowest BCUT2D eigenvalue weighted by molar-refractivity contribution is -0.137. The second-order valence-electron chi connectivity index (χ2n) is 8.87. The third-order valence-corrected chi connectivity index (χ3v) is 6.60. The Morgan fingerprint density at radius 3 is 2.06 bits per heavy atom. The minimum atomic E-state index is -4.43. The minimum absolute atomic E-state index is 0.145. The van der Waals surface area contributed by atoms with E-state index in [4.69, 9.17) is 0 Å². The summed E-state index contributed by atoms with van der Waals surface area (Å²) in [5.41, 5.74) is -0.0113. The lowest BCUT2D eigenvalue weighted by Crippen LogP contribution is -2.45. The third-order valence-electron chi connectivity index (χ3n) is 6.60. The van der Waals surface area contributed by atoms with Gasteiger partial charge in [-0.1, -0.05) is 30.3 Å². The molecular weight excluding hydrogens is 450 g/mol. The van der Waals surface area contributed by atoms with Gasteiger partial charge in [0.05, 0.1) is 5.56 Å². The number of amides is 3. The molecule has 1 N–H and O–H groups in total. The molecule has 34 heavy (non-hydrogen) atoms. The highest BCUT2D eigenvalue weighted by Crippen LogP contribution is 2.41. The van der Waals surface area contributed by atoms with Crippen molar-refractivity contribution < 1.29 is 27.2 Å². The summed E-state index contributed by atoms with van der Waals surface area (Å²) in [5, 5.41) is 2.65. The monoisotopic (exact) mass is 475 g/mol. The maximum atomic E-state index is 14.4. The van der Waals surface area contributed by atoms with Gasteiger partial charge in [-0.05, 0) is 60.6 Å². The molecule has 0 saturated carbocycles. The predicted octanol–water partition coefficient (Wildman–Crippen LogP) is 5.56. The topological polar surface area (TPSA) is 52.7 Å². The lowest BCUT2D eigenvalue weighted by Gasteiger charge is -2.39. The molecule has 2 aromatic carbocycles. The molecule has 180 valence electrons. The van der Waals surface area contributed by atoms with Crippen LogP contribution in [-0.2, 0) is 11.0 Å². The molecule has 0 aromatic heterocycles. The van der Waals surface area contributed by atoms with Crippen molar-refractivity contribution in [1.82, 2.24) is 9.80 Å². The van der Waals surface area contributed by atoms with Crippen LogP contribution in [0.1, 0.15) is 30.4 Å². The van der Waals surface area contributed by atoms with Crippen molar-refractivity contribution in [2.24, 2.45) is 5.41 Å². The average molecular weight is 475 g/mol. The Morgan fingerprint density at radius 1 is 0.882 bits per heavy atom. The van der Waals surface area contributed by atoms with E-state index in [2.05, 4.69) is 5.32 Å². The summed E-state index contributed by atoms with van der Waals surface area (Å²) in [6.45, 7) is 1.82. The molecule has 2 fully saturated rings. The molecule has 0 radical (unpaired) electrons. The van der Waals surface area contributed by atoms with Crippen molar-refractivity contribution in [2.45, 2.75) is 25.4 Å². The van der Waals surface area contributed by atoms with Crippen molar-refractivity contribution >= 4 is 23.7 Å². The summed E-state index contributed by atoms with van der Waals surface area (Å²) < 4.78 is 52.6. The van der Waals surface area contributed by atoms with Gasteiger partial charge in [-0.15, -0.1) is 0 Å². The Hall–Kier alpha value is -3.36. The number of anilines is 1. The first kappa shape index (κ1) is 23.8. The predicted molar refractivity (Wildman–Crippen MR) is 120 cm³/mol. The van der Waals surface area contributed by atoms with Gasteiger partial charge in [0, 0.05) is 31.9 Å². The highest BCUT2D eigenvalue weighted by molar-refractivity contribution is 5.95. The molecule has 5 nitrogen and oxygen atoms in total. The summed E-state index contributed by atoms with van der Waals surface area (Å²) in [6, 6.07) is 12.8. The number of likely N-dealkylation sites (tertiary alicyclic amines) is 2. The lowest BCUT2D eigenvalue weighted by atomic mass is 9.78. The Bertz CT molecular complexity index is 1060. The molecule has 2 heterocycles. The Balaban J connectivity index is 1.30. The second kappa shape index (κ2) is 9.48. The van der Waals surface area contributed by atoms with Crippen LogP contribution in [0, 0.1) is 5.41 Å². The SMILES string of the molecule is O=C(Nc1ccc(C(F)(F)F)cc1)N1CCC2(CCN(C(=O)/C(F)=C/c3ccccc3)CC2)C1. The summed E-state index contributed by atoms with van der Waals surface area (Å²) in [6.07, 6.45) is -1.13. The molecule has 2 saturated heterocycles. The highest BCUT2D eigenvalue weighted by atomic mass is 19.4. The van der Waals surface area contributed by atoms with Crippen molar-refractivity contribution in [2.75, 3.05) is 31.5 Å². The van der Waals surface area contributed by atoms with Gasteiger partial charge < -0.3 is 15.1 Å². The number of alkyl halides is 3. The second-order valence-corrected chi connectivity index (χ2v) is 8.87. The van der Waals surface area contributed by atoms with Crippen molar-refractivity contribution in [3.63, 3.8) is 0 Å². The van der Waals surface area contributed by atoms with Crippen LogP contribution in [0.3, 0.4) is 0 Å². The fourth-order valence-electron chi connectivity index (χ4n) is 4.55.